The van der Waals surface area contributed by atoms with Gasteiger partial charge in [0.15, 0.2) is 0 Å². The highest BCUT2D eigenvalue weighted by molar-refractivity contribution is 5.93. The Morgan fingerprint density at radius 3 is 2.33 bits per heavy atom. The second kappa shape index (κ2) is 8.82. The Labute approximate surface area is 142 Å². The van der Waals surface area contributed by atoms with Crippen molar-refractivity contribution in [1.29, 1.82) is 0 Å². The number of para-hydroxylation sites is 1. The van der Waals surface area contributed by atoms with Crippen molar-refractivity contribution in [2.24, 2.45) is 0 Å². The van der Waals surface area contributed by atoms with Gasteiger partial charge in [-0.3, -0.25) is 14.6 Å². The van der Waals surface area contributed by atoms with Crippen LogP contribution in [0.1, 0.15) is 26.0 Å². The van der Waals surface area contributed by atoms with E-state index in [0.717, 1.165) is 11.4 Å². The van der Waals surface area contributed by atoms with E-state index in [1.165, 1.54) is 6.92 Å². The monoisotopic (exact) mass is 325 g/mol. The van der Waals surface area contributed by atoms with Crippen molar-refractivity contribution in [2.45, 2.75) is 26.8 Å². The van der Waals surface area contributed by atoms with Crippen LogP contribution in [0.25, 0.3) is 0 Å². The van der Waals surface area contributed by atoms with Gasteiger partial charge in [0.05, 0.1) is 12.2 Å². The molecule has 0 radical (unpaired) electrons. The number of pyridine rings is 1. The molecule has 0 aliphatic rings. The minimum Gasteiger partial charge on any atom is -0.337 e. The highest BCUT2D eigenvalue weighted by atomic mass is 16.2. The maximum atomic E-state index is 12.5. The summed E-state index contributed by atoms with van der Waals surface area (Å²) in [6.07, 6.45) is 1.99. The van der Waals surface area contributed by atoms with E-state index in [9.17, 15) is 9.59 Å². The maximum absolute atomic E-state index is 12.5. The fourth-order valence-corrected chi connectivity index (χ4v) is 2.51. The van der Waals surface area contributed by atoms with Crippen LogP contribution in [0, 0.1) is 0 Å². The molecule has 0 bridgehead atoms. The first-order chi connectivity index (χ1) is 11.6. The number of amides is 2. The lowest BCUT2D eigenvalue weighted by atomic mass is 10.2. The lowest BCUT2D eigenvalue weighted by Gasteiger charge is -2.24. The van der Waals surface area contributed by atoms with E-state index < -0.39 is 0 Å². The molecule has 1 aromatic carbocycles. The van der Waals surface area contributed by atoms with Gasteiger partial charge in [-0.05, 0) is 31.2 Å². The van der Waals surface area contributed by atoms with Gasteiger partial charge in [-0.2, -0.15) is 0 Å². The van der Waals surface area contributed by atoms with Crippen molar-refractivity contribution >= 4 is 17.5 Å². The van der Waals surface area contributed by atoms with Gasteiger partial charge < -0.3 is 9.80 Å². The van der Waals surface area contributed by atoms with Crippen LogP contribution in [-0.4, -0.2) is 34.8 Å². The summed E-state index contributed by atoms with van der Waals surface area (Å²) in [5.74, 6) is -0.0489. The van der Waals surface area contributed by atoms with Crippen LogP contribution < -0.4 is 4.90 Å². The molecule has 2 rings (SSSR count). The molecule has 2 amide bonds. The smallest absolute Gasteiger partial charge is 0.228 e. The molecule has 5 nitrogen and oxygen atoms in total. The Balaban J connectivity index is 1.98. The van der Waals surface area contributed by atoms with Gasteiger partial charge in [0, 0.05) is 38.3 Å². The first kappa shape index (κ1) is 17.7. The molecule has 0 spiro atoms. The summed E-state index contributed by atoms with van der Waals surface area (Å²) in [6.45, 7) is 4.86. The number of hydrogen-bond acceptors (Lipinski definition) is 3. The van der Waals surface area contributed by atoms with Crippen LogP contribution in [-0.2, 0) is 16.1 Å². The first-order valence-electron chi connectivity index (χ1n) is 8.12. The Hall–Kier alpha value is -2.69. The zero-order chi connectivity index (χ0) is 17.4. The molecule has 126 valence electrons. The molecule has 0 fully saturated rings. The van der Waals surface area contributed by atoms with E-state index in [2.05, 4.69) is 4.98 Å². The van der Waals surface area contributed by atoms with E-state index in [4.69, 9.17) is 0 Å². The Bertz CT molecular complexity index is 659. The van der Waals surface area contributed by atoms with Crippen LogP contribution >= 0.6 is 0 Å². The maximum Gasteiger partial charge on any atom is 0.228 e. The summed E-state index contributed by atoms with van der Waals surface area (Å²) in [5, 5.41) is 0. The zero-order valence-electron chi connectivity index (χ0n) is 14.2. The molecular weight excluding hydrogens is 302 g/mol. The molecule has 1 aromatic heterocycles. The number of benzene rings is 1. The Kier molecular flexibility index (Phi) is 6.49. The summed E-state index contributed by atoms with van der Waals surface area (Å²) in [6, 6.07) is 15.2. The predicted molar refractivity (Wildman–Crippen MR) is 94.4 cm³/mol. The van der Waals surface area contributed by atoms with Crippen LogP contribution in [0.4, 0.5) is 5.69 Å². The van der Waals surface area contributed by atoms with Crippen molar-refractivity contribution in [3.8, 4) is 0 Å². The molecule has 0 N–H and O–H groups in total. The van der Waals surface area contributed by atoms with Gasteiger partial charge in [-0.15, -0.1) is 0 Å². The predicted octanol–water partition coefficient (Wildman–Crippen LogP) is 2.87. The Morgan fingerprint density at radius 2 is 1.75 bits per heavy atom. The molecule has 0 atom stereocenters. The molecule has 0 saturated carbocycles. The summed E-state index contributed by atoms with van der Waals surface area (Å²) in [4.78, 5) is 32.0. The molecule has 2 aromatic rings. The highest BCUT2D eigenvalue weighted by Crippen LogP contribution is 2.14. The number of carbonyl (C=O) groups excluding carboxylic acids is 2. The van der Waals surface area contributed by atoms with Gasteiger partial charge in [0.25, 0.3) is 0 Å². The number of anilines is 1. The minimum absolute atomic E-state index is 0.0102. The SMILES string of the molecule is CCN(C(=O)CCN(Cc1ccccn1)C(C)=O)c1ccccc1. The average Bonchev–Trinajstić information content (AvgIpc) is 2.61. The van der Waals surface area contributed by atoms with Gasteiger partial charge in [0.2, 0.25) is 11.8 Å². The molecule has 0 aliphatic carbocycles. The summed E-state index contributed by atoms with van der Waals surface area (Å²) >= 11 is 0. The molecule has 0 unspecified atom stereocenters. The Morgan fingerprint density at radius 1 is 1.04 bits per heavy atom. The fraction of sp³-hybridized carbons (Fsp3) is 0.316. The van der Waals surface area contributed by atoms with E-state index in [1.54, 1.807) is 16.0 Å². The number of nitrogens with zero attached hydrogens (tertiary/aromatic N) is 3. The van der Waals surface area contributed by atoms with Crippen molar-refractivity contribution in [3.05, 3.63) is 60.4 Å². The topological polar surface area (TPSA) is 53.5 Å². The number of rotatable bonds is 7. The van der Waals surface area contributed by atoms with E-state index >= 15 is 0 Å². The minimum atomic E-state index is -0.0591. The number of aromatic nitrogens is 1. The average molecular weight is 325 g/mol. The lowest BCUT2D eigenvalue weighted by Crippen LogP contribution is -2.36. The lowest BCUT2D eigenvalue weighted by molar-refractivity contribution is -0.130. The third kappa shape index (κ3) is 4.91. The van der Waals surface area contributed by atoms with Gasteiger partial charge in [0.1, 0.15) is 0 Å². The van der Waals surface area contributed by atoms with Crippen molar-refractivity contribution in [3.63, 3.8) is 0 Å². The van der Waals surface area contributed by atoms with E-state index in [1.807, 2.05) is 55.5 Å². The molecule has 1 heterocycles. The van der Waals surface area contributed by atoms with Gasteiger partial charge >= 0.3 is 0 Å². The quantitative estimate of drug-likeness (QED) is 0.786. The standard InChI is InChI=1S/C19H23N3O2/c1-3-22(18-10-5-4-6-11-18)19(24)12-14-21(16(2)23)15-17-9-7-8-13-20-17/h4-11,13H,3,12,14-15H2,1-2H3. The summed E-state index contributed by atoms with van der Waals surface area (Å²) in [5.41, 5.74) is 1.69. The molecule has 0 aliphatic heterocycles. The fourth-order valence-electron chi connectivity index (χ4n) is 2.51. The highest BCUT2D eigenvalue weighted by Gasteiger charge is 2.17. The second-order valence-corrected chi connectivity index (χ2v) is 5.49. The van der Waals surface area contributed by atoms with Crippen molar-refractivity contribution in [2.75, 3.05) is 18.0 Å². The van der Waals surface area contributed by atoms with Gasteiger partial charge in [-0.25, -0.2) is 0 Å². The van der Waals surface area contributed by atoms with Crippen LogP contribution in [0.2, 0.25) is 0 Å². The molecule has 5 heteroatoms. The van der Waals surface area contributed by atoms with E-state index in [0.29, 0.717) is 19.6 Å². The van der Waals surface area contributed by atoms with Crippen molar-refractivity contribution in [1.82, 2.24) is 9.88 Å². The normalized spacial score (nSPS) is 10.2. The van der Waals surface area contributed by atoms with Crippen LogP contribution in [0.5, 0.6) is 0 Å². The van der Waals surface area contributed by atoms with Crippen LogP contribution in [0.3, 0.4) is 0 Å². The first-order valence-corrected chi connectivity index (χ1v) is 8.12. The number of carbonyl (C=O) groups is 2. The molecule has 0 saturated heterocycles. The molecular formula is C19H23N3O2. The largest absolute Gasteiger partial charge is 0.337 e. The third-order valence-electron chi connectivity index (χ3n) is 3.81. The number of hydrogen-bond donors (Lipinski definition) is 0. The summed E-state index contributed by atoms with van der Waals surface area (Å²) < 4.78 is 0. The zero-order valence-corrected chi connectivity index (χ0v) is 14.2. The van der Waals surface area contributed by atoms with Crippen molar-refractivity contribution < 1.29 is 9.59 Å². The van der Waals surface area contributed by atoms with Gasteiger partial charge in [-0.1, -0.05) is 24.3 Å². The third-order valence-corrected chi connectivity index (χ3v) is 3.81. The second-order valence-electron chi connectivity index (χ2n) is 5.49. The van der Waals surface area contributed by atoms with E-state index in [-0.39, 0.29) is 18.2 Å². The summed E-state index contributed by atoms with van der Waals surface area (Å²) in [7, 11) is 0. The van der Waals surface area contributed by atoms with Crippen LogP contribution in [0.15, 0.2) is 54.7 Å². The molecule has 24 heavy (non-hydrogen) atoms.